The molecule has 0 spiro atoms. The zero-order chi connectivity index (χ0) is 15.6. The number of carboxylic acids is 1. The van der Waals surface area contributed by atoms with Crippen LogP contribution < -0.4 is 4.90 Å². The van der Waals surface area contributed by atoms with Gasteiger partial charge in [0.25, 0.3) is 0 Å². The summed E-state index contributed by atoms with van der Waals surface area (Å²) in [5.74, 6) is -1.01. The molecule has 1 atom stereocenters. The van der Waals surface area contributed by atoms with Gasteiger partial charge in [0.2, 0.25) is 0 Å². The number of nitrogens with zero attached hydrogens (tertiary/aromatic N) is 1. The molecule has 2 rings (SSSR count). The van der Waals surface area contributed by atoms with Gasteiger partial charge < -0.3 is 9.84 Å². The number of rotatable bonds is 3. The van der Waals surface area contributed by atoms with Gasteiger partial charge in [-0.25, -0.2) is 9.59 Å². The van der Waals surface area contributed by atoms with E-state index in [-0.39, 0.29) is 12.0 Å². The number of para-hydroxylation sites is 1. The van der Waals surface area contributed by atoms with E-state index in [0.29, 0.717) is 12.1 Å². The van der Waals surface area contributed by atoms with Crippen molar-refractivity contribution in [3.63, 3.8) is 0 Å². The minimum absolute atomic E-state index is 0.0649. The summed E-state index contributed by atoms with van der Waals surface area (Å²) in [6, 6.07) is 6.34. The minimum atomic E-state index is -1.01. The number of amides is 1. The number of benzene rings is 1. The molecule has 0 aliphatic carbocycles. The van der Waals surface area contributed by atoms with E-state index in [2.05, 4.69) is 20.8 Å². The highest BCUT2D eigenvalue weighted by atomic mass is 16.6. The third kappa shape index (κ3) is 3.54. The van der Waals surface area contributed by atoms with Crippen molar-refractivity contribution in [3.8, 4) is 0 Å². The van der Waals surface area contributed by atoms with Gasteiger partial charge in [0.1, 0.15) is 6.04 Å². The van der Waals surface area contributed by atoms with Crippen molar-refractivity contribution in [1.29, 1.82) is 0 Å². The summed E-state index contributed by atoms with van der Waals surface area (Å²) in [5.41, 5.74) is 1.55. The number of anilines is 1. The van der Waals surface area contributed by atoms with Crippen LogP contribution >= 0.6 is 0 Å². The lowest BCUT2D eigenvalue weighted by Gasteiger charge is -2.23. The Hall–Kier alpha value is -2.04. The maximum Gasteiger partial charge on any atom is 0.415 e. The topological polar surface area (TPSA) is 66.8 Å². The smallest absolute Gasteiger partial charge is 0.415 e. The number of fused-ring (bicyclic) bond motifs is 1. The number of hydrogen-bond donors (Lipinski definition) is 1. The number of ether oxygens (including phenoxy) is 1. The lowest BCUT2D eigenvalue weighted by atomic mass is 9.93. The summed E-state index contributed by atoms with van der Waals surface area (Å²) in [7, 11) is 0. The zero-order valence-corrected chi connectivity index (χ0v) is 12.6. The predicted octanol–water partition coefficient (Wildman–Crippen LogP) is 3.08. The van der Waals surface area contributed by atoms with Crippen molar-refractivity contribution in [2.24, 2.45) is 5.41 Å². The molecule has 0 aromatic heterocycles. The minimum Gasteiger partial charge on any atom is -0.480 e. The Morgan fingerprint density at radius 2 is 2.00 bits per heavy atom. The molecule has 0 bridgehead atoms. The van der Waals surface area contributed by atoms with Crippen LogP contribution in [0, 0.1) is 5.41 Å². The second-order valence-electron chi connectivity index (χ2n) is 6.48. The summed E-state index contributed by atoms with van der Waals surface area (Å²) < 4.78 is 5.26. The third-order valence-corrected chi connectivity index (χ3v) is 3.54. The Kier molecular flexibility index (Phi) is 4.21. The van der Waals surface area contributed by atoms with Gasteiger partial charge in [-0.15, -0.1) is 0 Å². The van der Waals surface area contributed by atoms with E-state index in [1.54, 1.807) is 12.1 Å². The lowest BCUT2D eigenvalue weighted by molar-refractivity contribution is -0.138. The van der Waals surface area contributed by atoms with E-state index in [9.17, 15) is 14.7 Å². The molecule has 5 nitrogen and oxygen atoms in total. The Morgan fingerprint density at radius 3 is 2.62 bits per heavy atom. The normalized spacial score (nSPS) is 17.5. The summed E-state index contributed by atoms with van der Waals surface area (Å²) in [6.45, 7) is 6.47. The van der Waals surface area contributed by atoms with E-state index in [1.807, 2.05) is 12.1 Å². The number of carbonyl (C=O) groups is 2. The van der Waals surface area contributed by atoms with Gasteiger partial charge in [-0.05, 0) is 23.5 Å². The Labute approximate surface area is 124 Å². The monoisotopic (exact) mass is 291 g/mol. The van der Waals surface area contributed by atoms with Crippen molar-refractivity contribution in [2.45, 2.75) is 39.7 Å². The summed E-state index contributed by atoms with van der Waals surface area (Å²) in [4.78, 5) is 24.9. The Balaban J connectivity index is 2.11. The van der Waals surface area contributed by atoms with Crippen molar-refractivity contribution in [2.75, 3.05) is 11.5 Å². The molecule has 5 heteroatoms. The van der Waals surface area contributed by atoms with Gasteiger partial charge in [0, 0.05) is 6.42 Å². The number of carbonyl (C=O) groups excluding carboxylic acids is 1. The van der Waals surface area contributed by atoms with Crippen LogP contribution in [0.3, 0.4) is 0 Å². The van der Waals surface area contributed by atoms with Crippen LogP contribution in [0.5, 0.6) is 0 Å². The highest BCUT2D eigenvalue weighted by Crippen LogP contribution is 2.32. The molecule has 0 saturated carbocycles. The molecule has 1 aliphatic heterocycles. The third-order valence-electron chi connectivity index (χ3n) is 3.54. The molecule has 1 aliphatic rings. The van der Waals surface area contributed by atoms with Crippen LogP contribution in [0.1, 0.15) is 32.8 Å². The van der Waals surface area contributed by atoms with Crippen molar-refractivity contribution >= 4 is 17.7 Å². The fourth-order valence-electron chi connectivity index (χ4n) is 2.32. The lowest BCUT2D eigenvalue weighted by Crippen LogP contribution is -2.43. The molecule has 1 unspecified atom stereocenters. The SMILES string of the molecule is CC(C)(C)CCOC(=O)N1c2ccccc2CC1C(=O)O. The molecular weight excluding hydrogens is 270 g/mol. The number of hydrogen-bond acceptors (Lipinski definition) is 3. The first-order valence-electron chi connectivity index (χ1n) is 7.06. The van der Waals surface area contributed by atoms with E-state index < -0.39 is 18.1 Å². The van der Waals surface area contributed by atoms with Gasteiger partial charge in [0.05, 0.1) is 12.3 Å². The molecule has 114 valence electrons. The van der Waals surface area contributed by atoms with Crippen molar-refractivity contribution in [1.82, 2.24) is 0 Å². The quantitative estimate of drug-likeness (QED) is 0.929. The molecule has 1 aromatic carbocycles. The maximum absolute atomic E-state index is 12.2. The Morgan fingerprint density at radius 1 is 1.33 bits per heavy atom. The van der Waals surface area contributed by atoms with Crippen molar-refractivity contribution in [3.05, 3.63) is 29.8 Å². The molecule has 0 fully saturated rings. The zero-order valence-electron chi connectivity index (χ0n) is 12.6. The average Bonchev–Trinajstić information content (AvgIpc) is 2.76. The summed E-state index contributed by atoms with van der Waals surface area (Å²) in [6.07, 6.45) is 0.461. The van der Waals surface area contributed by atoms with Crippen molar-refractivity contribution < 1.29 is 19.4 Å². The van der Waals surface area contributed by atoms with E-state index in [4.69, 9.17) is 4.74 Å². The van der Waals surface area contributed by atoms with Crippen LogP contribution in [-0.2, 0) is 16.0 Å². The molecule has 1 heterocycles. The van der Waals surface area contributed by atoms with Crippen LogP contribution in [0.15, 0.2) is 24.3 Å². The fraction of sp³-hybridized carbons (Fsp3) is 0.500. The van der Waals surface area contributed by atoms with E-state index in [0.717, 1.165) is 12.0 Å². The summed E-state index contributed by atoms with van der Waals surface area (Å²) >= 11 is 0. The van der Waals surface area contributed by atoms with Gasteiger partial charge >= 0.3 is 12.1 Å². The Bertz CT molecular complexity index is 547. The highest BCUT2D eigenvalue weighted by molar-refractivity contribution is 5.98. The maximum atomic E-state index is 12.2. The number of aliphatic carboxylic acids is 1. The van der Waals surface area contributed by atoms with Crippen LogP contribution in [0.4, 0.5) is 10.5 Å². The molecule has 0 saturated heterocycles. The molecule has 0 radical (unpaired) electrons. The molecule has 21 heavy (non-hydrogen) atoms. The van der Waals surface area contributed by atoms with Crippen LogP contribution in [-0.4, -0.2) is 29.8 Å². The fourth-order valence-corrected chi connectivity index (χ4v) is 2.32. The predicted molar refractivity (Wildman–Crippen MR) is 79.5 cm³/mol. The second kappa shape index (κ2) is 5.76. The molecular formula is C16H21NO4. The summed E-state index contributed by atoms with van der Waals surface area (Å²) in [5, 5.41) is 9.31. The molecule has 1 amide bonds. The average molecular weight is 291 g/mol. The second-order valence-corrected chi connectivity index (χ2v) is 6.48. The van der Waals surface area contributed by atoms with E-state index >= 15 is 0 Å². The first-order chi connectivity index (χ1) is 9.79. The van der Waals surface area contributed by atoms with Crippen LogP contribution in [0.25, 0.3) is 0 Å². The largest absolute Gasteiger partial charge is 0.480 e. The first-order valence-corrected chi connectivity index (χ1v) is 7.06. The van der Waals surface area contributed by atoms with Crippen LogP contribution in [0.2, 0.25) is 0 Å². The molecule has 1 aromatic rings. The standard InChI is InChI=1S/C16H21NO4/c1-16(2,3)8-9-21-15(20)17-12-7-5-4-6-11(12)10-13(17)14(18)19/h4-7,13H,8-10H2,1-3H3,(H,18,19). The van der Waals surface area contributed by atoms with Gasteiger partial charge in [-0.2, -0.15) is 0 Å². The van der Waals surface area contributed by atoms with Gasteiger partial charge in [-0.3, -0.25) is 4.90 Å². The van der Waals surface area contributed by atoms with Gasteiger partial charge in [-0.1, -0.05) is 39.0 Å². The molecule has 1 N–H and O–H groups in total. The van der Waals surface area contributed by atoms with E-state index in [1.165, 1.54) is 4.90 Å². The first kappa shape index (κ1) is 15.4. The van der Waals surface area contributed by atoms with Gasteiger partial charge in [0.15, 0.2) is 0 Å². The highest BCUT2D eigenvalue weighted by Gasteiger charge is 2.39. The number of carboxylic acid groups (broad SMARTS) is 1.